The fraction of sp³-hybridized carbons (Fsp3) is 0.407. The number of fused-ring (bicyclic) bond motifs is 1. The van der Waals surface area contributed by atoms with Crippen LogP contribution >= 0.6 is 0 Å². The number of ether oxygens (including phenoxy) is 1. The van der Waals surface area contributed by atoms with Crippen LogP contribution in [0.25, 0.3) is 22.2 Å². The van der Waals surface area contributed by atoms with Crippen molar-refractivity contribution in [2.45, 2.75) is 58.5 Å². The molecular formula is C27H35N3O6S. The number of aromatic nitrogens is 1. The molecule has 200 valence electrons. The minimum atomic E-state index is -3.51. The van der Waals surface area contributed by atoms with Gasteiger partial charge < -0.3 is 4.74 Å². The van der Waals surface area contributed by atoms with Crippen LogP contribution in [0.1, 0.15) is 52.9 Å². The Morgan fingerprint density at radius 3 is 2.27 bits per heavy atom. The Hall–Kier alpha value is -3.37. The standard InChI is InChI=1S/C27H35N3O6S/c1-27(2,3)36-26(32)30-23-12-9-8-11-21(23)19-24(30)20-14-16-22(17-15-20)29(37(4,34)35)18-10-6-5-7-13-25(31)28-33/h8-9,11-12,14-17,19,33H,5-7,10,13,18H2,1-4H3,(H,28,31). The number of amides is 1. The number of carbonyl (C=O) groups is 2. The van der Waals surface area contributed by atoms with Crippen LogP contribution in [0.4, 0.5) is 10.5 Å². The highest BCUT2D eigenvalue weighted by Gasteiger charge is 2.23. The first-order chi connectivity index (χ1) is 17.4. The molecule has 37 heavy (non-hydrogen) atoms. The molecular weight excluding hydrogens is 494 g/mol. The number of hydrogen-bond donors (Lipinski definition) is 2. The van der Waals surface area contributed by atoms with E-state index in [1.54, 1.807) is 34.3 Å². The molecule has 0 spiro atoms. The van der Waals surface area contributed by atoms with Crippen LogP contribution in [0, 0.1) is 0 Å². The van der Waals surface area contributed by atoms with Gasteiger partial charge in [-0.25, -0.2) is 23.3 Å². The monoisotopic (exact) mass is 529 g/mol. The molecule has 1 heterocycles. The second-order valence-corrected chi connectivity index (χ2v) is 11.9. The van der Waals surface area contributed by atoms with Gasteiger partial charge in [-0.1, -0.05) is 43.2 Å². The first-order valence-corrected chi connectivity index (χ1v) is 14.1. The Morgan fingerprint density at radius 1 is 1.00 bits per heavy atom. The molecule has 0 aliphatic rings. The fourth-order valence-corrected chi connectivity index (χ4v) is 5.07. The number of para-hydroxylation sites is 1. The summed E-state index contributed by atoms with van der Waals surface area (Å²) in [6.45, 7) is 5.76. The maximum absolute atomic E-state index is 13.1. The van der Waals surface area contributed by atoms with Crippen molar-refractivity contribution >= 4 is 38.6 Å². The van der Waals surface area contributed by atoms with Gasteiger partial charge in [0.1, 0.15) is 5.60 Å². The van der Waals surface area contributed by atoms with E-state index >= 15 is 0 Å². The second-order valence-electron chi connectivity index (χ2n) is 9.99. The van der Waals surface area contributed by atoms with Gasteiger partial charge in [0, 0.05) is 18.4 Å². The van der Waals surface area contributed by atoms with E-state index < -0.39 is 27.6 Å². The average molecular weight is 530 g/mol. The van der Waals surface area contributed by atoms with Crippen LogP contribution in [-0.2, 0) is 19.6 Å². The quantitative estimate of drug-likeness (QED) is 0.209. The van der Waals surface area contributed by atoms with Gasteiger partial charge in [0.15, 0.2) is 0 Å². The average Bonchev–Trinajstić information content (AvgIpc) is 3.21. The van der Waals surface area contributed by atoms with Crippen LogP contribution in [0.5, 0.6) is 0 Å². The van der Waals surface area contributed by atoms with E-state index in [2.05, 4.69) is 0 Å². The van der Waals surface area contributed by atoms with Gasteiger partial charge in [0.05, 0.1) is 23.2 Å². The van der Waals surface area contributed by atoms with Gasteiger partial charge in [-0.2, -0.15) is 0 Å². The van der Waals surface area contributed by atoms with Crippen molar-refractivity contribution in [3.05, 3.63) is 54.6 Å². The normalized spacial score (nSPS) is 11.9. The van der Waals surface area contributed by atoms with E-state index in [0.717, 1.165) is 29.3 Å². The van der Waals surface area contributed by atoms with Crippen LogP contribution in [0.2, 0.25) is 0 Å². The SMILES string of the molecule is CC(C)(C)OC(=O)n1c(-c2ccc(N(CCCCCCC(=O)NO)S(C)(=O)=O)cc2)cc2ccccc21. The van der Waals surface area contributed by atoms with E-state index in [0.29, 0.717) is 30.8 Å². The predicted octanol–water partition coefficient (Wildman–Crippen LogP) is 5.31. The minimum Gasteiger partial charge on any atom is -0.443 e. The van der Waals surface area contributed by atoms with Gasteiger partial charge >= 0.3 is 6.09 Å². The van der Waals surface area contributed by atoms with E-state index in [4.69, 9.17) is 9.94 Å². The van der Waals surface area contributed by atoms with Crippen molar-refractivity contribution in [2.75, 3.05) is 17.1 Å². The molecule has 1 amide bonds. The fourth-order valence-electron chi connectivity index (χ4n) is 4.11. The molecule has 0 radical (unpaired) electrons. The molecule has 1 aromatic heterocycles. The summed E-state index contributed by atoms with van der Waals surface area (Å²) in [7, 11) is -3.51. The molecule has 0 atom stereocenters. The summed E-state index contributed by atoms with van der Waals surface area (Å²) in [6.07, 6.45) is 3.66. The van der Waals surface area contributed by atoms with Crippen molar-refractivity contribution in [1.82, 2.24) is 10.0 Å². The highest BCUT2D eigenvalue weighted by Crippen LogP contribution is 2.31. The summed E-state index contributed by atoms with van der Waals surface area (Å²) in [6, 6.07) is 16.5. The van der Waals surface area contributed by atoms with Crippen molar-refractivity contribution in [2.24, 2.45) is 0 Å². The highest BCUT2D eigenvalue weighted by molar-refractivity contribution is 7.92. The Kier molecular flexibility index (Phi) is 8.98. The van der Waals surface area contributed by atoms with Crippen LogP contribution in [0.15, 0.2) is 54.6 Å². The lowest BCUT2D eigenvalue weighted by Crippen LogP contribution is -2.30. The van der Waals surface area contributed by atoms with E-state index in [1.807, 2.05) is 51.1 Å². The lowest BCUT2D eigenvalue weighted by molar-refractivity contribution is -0.129. The summed E-state index contributed by atoms with van der Waals surface area (Å²) < 4.78 is 33.6. The number of nitrogens with one attached hydrogen (secondary N) is 1. The molecule has 10 heteroatoms. The third-order valence-corrected chi connectivity index (χ3v) is 6.97. The molecule has 3 rings (SSSR count). The van der Waals surface area contributed by atoms with E-state index in [9.17, 15) is 18.0 Å². The second kappa shape index (κ2) is 11.8. The molecule has 9 nitrogen and oxygen atoms in total. The summed E-state index contributed by atoms with van der Waals surface area (Å²) in [4.78, 5) is 24.2. The van der Waals surface area contributed by atoms with Crippen LogP contribution < -0.4 is 9.79 Å². The van der Waals surface area contributed by atoms with Crippen LogP contribution in [0.3, 0.4) is 0 Å². The first kappa shape index (κ1) is 28.2. The van der Waals surface area contributed by atoms with Crippen molar-refractivity contribution in [3.63, 3.8) is 0 Å². The number of anilines is 1. The Bertz CT molecular complexity index is 1340. The molecule has 2 N–H and O–H groups in total. The number of rotatable bonds is 10. The van der Waals surface area contributed by atoms with E-state index in [1.165, 1.54) is 10.6 Å². The number of carbonyl (C=O) groups excluding carboxylic acids is 2. The summed E-state index contributed by atoms with van der Waals surface area (Å²) in [5.41, 5.74) is 3.61. The maximum atomic E-state index is 13.1. The molecule has 0 fully saturated rings. The molecule has 0 aliphatic carbocycles. The Morgan fingerprint density at radius 2 is 1.65 bits per heavy atom. The molecule has 0 unspecified atom stereocenters. The van der Waals surface area contributed by atoms with Gasteiger partial charge in [0.25, 0.3) is 0 Å². The maximum Gasteiger partial charge on any atom is 0.419 e. The third-order valence-electron chi connectivity index (χ3n) is 5.78. The number of nitrogens with zero attached hydrogens (tertiary/aromatic N) is 2. The summed E-state index contributed by atoms with van der Waals surface area (Å²) in [5, 5.41) is 9.44. The highest BCUT2D eigenvalue weighted by atomic mass is 32.2. The van der Waals surface area contributed by atoms with Gasteiger partial charge in [-0.05, 0) is 63.4 Å². The zero-order valence-corrected chi connectivity index (χ0v) is 22.5. The summed E-state index contributed by atoms with van der Waals surface area (Å²) >= 11 is 0. The number of hydrogen-bond acceptors (Lipinski definition) is 6. The van der Waals surface area contributed by atoms with Crippen molar-refractivity contribution in [3.8, 4) is 11.3 Å². The lowest BCUT2D eigenvalue weighted by Gasteiger charge is -2.23. The Labute approximate surface area is 218 Å². The molecule has 2 aromatic carbocycles. The minimum absolute atomic E-state index is 0.230. The first-order valence-electron chi connectivity index (χ1n) is 12.3. The van der Waals surface area contributed by atoms with E-state index in [-0.39, 0.29) is 6.42 Å². The molecule has 0 saturated carbocycles. The third kappa shape index (κ3) is 7.56. The number of hydroxylamine groups is 1. The lowest BCUT2D eigenvalue weighted by atomic mass is 10.1. The zero-order valence-electron chi connectivity index (χ0n) is 21.7. The van der Waals surface area contributed by atoms with Crippen LogP contribution in [-0.4, -0.2) is 48.6 Å². The van der Waals surface area contributed by atoms with Crippen molar-refractivity contribution in [1.29, 1.82) is 0 Å². The number of unbranched alkanes of at least 4 members (excludes halogenated alkanes) is 3. The molecule has 3 aromatic rings. The molecule has 0 bridgehead atoms. The number of sulfonamides is 1. The summed E-state index contributed by atoms with van der Waals surface area (Å²) in [5.74, 6) is -0.427. The zero-order chi connectivity index (χ0) is 27.2. The largest absolute Gasteiger partial charge is 0.443 e. The number of benzene rings is 2. The smallest absolute Gasteiger partial charge is 0.419 e. The topological polar surface area (TPSA) is 118 Å². The van der Waals surface area contributed by atoms with Gasteiger partial charge in [-0.3, -0.25) is 14.3 Å². The van der Waals surface area contributed by atoms with Gasteiger partial charge in [0.2, 0.25) is 15.9 Å². The molecule has 0 saturated heterocycles. The van der Waals surface area contributed by atoms with Crippen molar-refractivity contribution < 1.29 is 28.0 Å². The molecule has 0 aliphatic heterocycles. The Balaban J connectivity index is 1.82. The van der Waals surface area contributed by atoms with Gasteiger partial charge in [-0.15, -0.1) is 0 Å². The predicted molar refractivity (Wildman–Crippen MR) is 144 cm³/mol.